The van der Waals surface area contributed by atoms with Gasteiger partial charge in [-0.05, 0) is 37.2 Å². The van der Waals surface area contributed by atoms with Crippen LogP contribution in [-0.4, -0.2) is 19.5 Å². The van der Waals surface area contributed by atoms with Crippen LogP contribution in [0.15, 0.2) is 12.1 Å². The highest BCUT2D eigenvalue weighted by Gasteiger charge is 2.07. The maximum absolute atomic E-state index is 13.2. The molecule has 0 heterocycles. The van der Waals surface area contributed by atoms with Crippen LogP contribution in [0.2, 0.25) is 5.02 Å². The van der Waals surface area contributed by atoms with E-state index in [9.17, 15) is 9.18 Å². The number of likely N-dealkylation sites (N-methyl/N-ethyl adjacent to an activating group) is 1. The second-order valence-corrected chi connectivity index (χ2v) is 3.91. The molecule has 3 nitrogen and oxygen atoms in total. The first-order chi connectivity index (χ1) is 7.54. The van der Waals surface area contributed by atoms with Crippen molar-refractivity contribution in [3.8, 4) is 0 Å². The summed E-state index contributed by atoms with van der Waals surface area (Å²) in [6, 6.07) is 2.90. The van der Waals surface area contributed by atoms with Gasteiger partial charge in [0.1, 0.15) is 5.82 Å². The van der Waals surface area contributed by atoms with Crippen molar-refractivity contribution in [1.29, 1.82) is 0 Å². The molecule has 0 saturated heterocycles. The van der Waals surface area contributed by atoms with Crippen molar-refractivity contribution in [3.63, 3.8) is 0 Å². The molecular weight excluding hydrogens is 231 g/mol. The molecule has 1 rings (SSSR count). The van der Waals surface area contributed by atoms with E-state index in [1.54, 1.807) is 20.0 Å². The van der Waals surface area contributed by atoms with Crippen molar-refractivity contribution in [2.45, 2.75) is 13.5 Å². The summed E-state index contributed by atoms with van der Waals surface area (Å²) in [5.41, 5.74) is 1.07. The van der Waals surface area contributed by atoms with Crippen molar-refractivity contribution in [2.24, 2.45) is 0 Å². The molecule has 16 heavy (non-hydrogen) atoms. The SMILES string of the molecule is CNCC(=O)NCc1cc(F)c(C)cc1Cl. The van der Waals surface area contributed by atoms with Crippen LogP contribution in [0.4, 0.5) is 4.39 Å². The van der Waals surface area contributed by atoms with Crippen LogP contribution in [0.5, 0.6) is 0 Å². The smallest absolute Gasteiger partial charge is 0.234 e. The Morgan fingerprint density at radius 3 is 2.81 bits per heavy atom. The number of carbonyl (C=O) groups excluding carboxylic acids is 1. The Labute approximate surface area is 99.0 Å². The first-order valence-corrected chi connectivity index (χ1v) is 5.28. The molecule has 0 aliphatic carbocycles. The minimum Gasteiger partial charge on any atom is -0.351 e. The minimum absolute atomic E-state index is 0.153. The van der Waals surface area contributed by atoms with Crippen LogP contribution in [-0.2, 0) is 11.3 Å². The normalized spacial score (nSPS) is 10.2. The van der Waals surface area contributed by atoms with Gasteiger partial charge in [0.15, 0.2) is 0 Å². The van der Waals surface area contributed by atoms with E-state index in [2.05, 4.69) is 10.6 Å². The Morgan fingerprint density at radius 2 is 2.19 bits per heavy atom. The van der Waals surface area contributed by atoms with Crippen molar-refractivity contribution in [1.82, 2.24) is 10.6 Å². The lowest BCUT2D eigenvalue weighted by atomic mass is 10.1. The van der Waals surface area contributed by atoms with Gasteiger partial charge in [-0.2, -0.15) is 0 Å². The lowest BCUT2D eigenvalue weighted by molar-refractivity contribution is -0.120. The third-order valence-corrected chi connectivity index (χ3v) is 2.49. The van der Waals surface area contributed by atoms with Crippen LogP contribution >= 0.6 is 11.6 Å². The average Bonchev–Trinajstić information content (AvgIpc) is 2.22. The number of amides is 1. The van der Waals surface area contributed by atoms with E-state index in [1.807, 2.05) is 0 Å². The molecule has 0 atom stereocenters. The van der Waals surface area contributed by atoms with Gasteiger partial charge in [0, 0.05) is 11.6 Å². The summed E-state index contributed by atoms with van der Waals surface area (Å²) in [5, 5.41) is 5.82. The Kier molecular flexibility index (Phi) is 4.71. The molecule has 1 aromatic carbocycles. The molecule has 0 unspecified atom stereocenters. The van der Waals surface area contributed by atoms with Crippen molar-refractivity contribution < 1.29 is 9.18 Å². The summed E-state index contributed by atoms with van der Waals surface area (Å²) in [5.74, 6) is -0.471. The fourth-order valence-corrected chi connectivity index (χ4v) is 1.52. The number of hydrogen-bond acceptors (Lipinski definition) is 2. The summed E-state index contributed by atoms with van der Waals surface area (Å²) in [4.78, 5) is 11.2. The molecule has 0 aromatic heterocycles. The van der Waals surface area contributed by atoms with E-state index in [1.165, 1.54) is 6.07 Å². The highest BCUT2D eigenvalue weighted by molar-refractivity contribution is 6.31. The number of halogens is 2. The summed E-state index contributed by atoms with van der Waals surface area (Å²) < 4.78 is 13.2. The molecule has 88 valence electrons. The van der Waals surface area contributed by atoms with Gasteiger partial charge in [0.25, 0.3) is 0 Å². The van der Waals surface area contributed by atoms with Crippen molar-refractivity contribution in [3.05, 3.63) is 34.1 Å². The Bertz CT molecular complexity index is 396. The van der Waals surface area contributed by atoms with E-state index >= 15 is 0 Å². The highest BCUT2D eigenvalue weighted by Crippen LogP contribution is 2.20. The van der Waals surface area contributed by atoms with Gasteiger partial charge in [0.05, 0.1) is 6.54 Å². The maximum Gasteiger partial charge on any atom is 0.234 e. The van der Waals surface area contributed by atoms with Crippen LogP contribution < -0.4 is 10.6 Å². The van der Waals surface area contributed by atoms with Crippen molar-refractivity contribution >= 4 is 17.5 Å². The van der Waals surface area contributed by atoms with Crippen LogP contribution in [0, 0.1) is 12.7 Å². The molecule has 0 fully saturated rings. The molecule has 5 heteroatoms. The van der Waals surface area contributed by atoms with Crippen LogP contribution in [0.1, 0.15) is 11.1 Å². The second-order valence-electron chi connectivity index (χ2n) is 3.50. The lowest BCUT2D eigenvalue weighted by Crippen LogP contribution is -2.31. The zero-order valence-corrected chi connectivity index (χ0v) is 9.99. The summed E-state index contributed by atoms with van der Waals surface area (Å²) in [6.07, 6.45) is 0. The van der Waals surface area contributed by atoms with Gasteiger partial charge >= 0.3 is 0 Å². The van der Waals surface area contributed by atoms with Gasteiger partial charge in [-0.15, -0.1) is 0 Å². The number of aryl methyl sites for hydroxylation is 1. The van der Waals surface area contributed by atoms with Crippen molar-refractivity contribution in [2.75, 3.05) is 13.6 Å². The number of carbonyl (C=O) groups is 1. The van der Waals surface area contributed by atoms with Gasteiger partial charge in [-0.1, -0.05) is 11.6 Å². The van der Waals surface area contributed by atoms with Gasteiger partial charge in [-0.3, -0.25) is 4.79 Å². The molecule has 1 amide bonds. The zero-order chi connectivity index (χ0) is 12.1. The molecular formula is C11H14ClFN2O. The summed E-state index contributed by atoms with van der Waals surface area (Å²) >= 11 is 5.93. The quantitative estimate of drug-likeness (QED) is 0.845. The third-order valence-electron chi connectivity index (χ3n) is 2.14. The lowest BCUT2D eigenvalue weighted by Gasteiger charge is -2.08. The second kappa shape index (κ2) is 5.82. The molecule has 0 aliphatic rings. The molecule has 0 saturated carbocycles. The van der Waals surface area contributed by atoms with E-state index < -0.39 is 0 Å². The highest BCUT2D eigenvalue weighted by atomic mass is 35.5. The van der Waals surface area contributed by atoms with Crippen LogP contribution in [0.3, 0.4) is 0 Å². The fourth-order valence-electron chi connectivity index (χ4n) is 1.24. The standard InChI is InChI=1S/C11H14ClFN2O/c1-7-3-9(12)8(4-10(7)13)5-15-11(16)6-14-2/h3-4,14H,5-6H2,1-2H3,(H,15,16). The summed E-state index contributed by atoms with van der Waals surface area (Å²) in [7, 11) is 1.68. The van der Waals surface area contributed by atoms with E-state index in [0.717, 1.165) is 0 Å². The van der Waals surface area contributed by atoms with Gasteiger partial charge in [0.2, 0.25) is 5.91 Å². The van der Waals surface area contributed by atoms with Gasteiger partial charge in [-0.25, -0.2) is 4.39 Å². The topological polar surface area (TPSA) is 41.1 Å². The number of hydrogen-bond donors (Lipinski definition) is 2. The van der Waals surface area contributed by atoms with E-state index in [-0.39, 0.29) is 24.8 Å². The molecule has 0 radical (unpaired) electrons. The average molecular weight is 245 g/mol. The Morgan fingerprint density at radius 1 is 1.50 bits per heavy atom. The number of benzene rings is 1. The number of nitrogens with one attached hydrogen (secondary N) is 2. The van der Waals surface area contributed by atoms with Gasteiger partial charge < -0.3 is 10.6 Å². The monoisotopic (exact) mass is 244 g/mol. The largest absolute Gasteiger partial charge is 0.351 e. The fraction of sp³-hybridized carbons (Fsp3) is 0.364. The summed E-state index contributed by atoms with van der Waals surface area (Å²) in [6.45, 7) is 2.10. The minimum atomic E-state index is -0.317. The molecule has 0 bridgehead atoms. The predicted octanol–water partition coefficient (Wildman–Crippen LogP) is 1.62. The first-order valence-electron chi connectivity index (χ1n) is 4.90. The molecule has 2 N–H and O–H groups in total. The molecule has 0 spiro atoms. The Hall–Kier alpha value is -1.13. The molecule has 1 aromatic rings. The number of rotatable bonds is 4. The third kappa shape index (κ3) is 3.47. The van der Waals surface area contributed by atoms with E-state index in [0.29, 0.717) is 16.1 Å². The molecule has 0 aliphatic heterocycles. The maximum atomic E-state index is 13.2. The zero-order valence-electron chi connectivity index (χ0n) is 9.23. The van der Waals surface area contributed by atoms with Crippen LogP contribution in [0.25, 0.3) is 0 Å². The Balaban J connectivity index is 2.67. The first kappa shape index (κ1) is 12.9. The van der Waals surface area contributed by atoms with E-state index in [4.69, 9.17) is 11.6 Å². The predicted molar refractivity (Wildman–Crippen MR) is 61.9 cm³/mol.